The number of carbonyl (C=O) groups excluding carboxylic acids is 1. The highest BCUT2D eigenvalue weighted by Gasteiger charge is 2.31. The minimum atomic E-state index is -0.636. The Morgan fingerprint density at radius 2 is 2.06 bits per heavy atom. The molecular weight excluding hydrogens is 431 g/mol. The van der Waals surface area contributed by atoms with Crippen LogP contribution in [0.5, 0.6) is 11.5 Å². The van der Waals surface area contributed by atoms with E-state index in [1.54, 1.807) is 23.1 Å². The normalized spacial score (nSPS) is 15.3. The van der Waals surface area contributed by atoms with Crippen LogP contribution in [0.25, 0.3) is 0 Å². The second-order valence-electron chi connectivity index (χ2n) is 7.37. The summed E-state index contributed by atoms with van der Waals surface area (Å²) in [7, 11) is 0. The van der Waals surface area contributed by atoms with E-state index in [-0.39, 0.29) is 29.4 Å². The number of benzene rings is 2. The zero-order valence-electron chi connectivity index (χ0n) is 17.7. The Bertz CT molecular complexity index is 1170. The minimum Gasteiger partial charge on any atom is -0.454 e. The number of nitrogens with one attached hydrogen (secondary N) is 1. The fourth-order valence-electron chi connectivity index (χ4n) is 3.58. The number of nitro groups is 1. The molecule has 170 valence electrons. The van der Waals surface area contributed by atoms with Gasteiger partial charge in [0.1, 0.15) is 12.4 Å². The van der Waals surface area contributed by atoms with Crippen LogP contribution in [0.15, 0.2) is 60.8 Å². The summed E-state index contributed by atoms with van der Waals surface area (Å²) in [6.45, 7) is 2.85. The van der Waals surface area contributed by atoms with E-state index in [2.05, 4.69) is 10.3 Å². The van der Waals surface area contributed by atoms with Crippen molar-refractivity contribution >= 4 is 23.3 Å². The quantitative estimate of drug-likeness (QED) is 0.376. The molecule has 1 fully saturated rings. The third-order valence-electron chi connectivity index (χ3n) is 5.22. The molecular formula is C23H21FN4O5. The molecule has 4 rings (SSSR count). The topological polar surface area (TPSA) is 107 Å². The summed E-state index contributed by atoms with van der Waals surface area (Å²) >= 11 is 0. The number of anilines is 2. The van der Waals surface area contributed by atoms with Gasteiger partial charge in [0.05, 0.1) is 11.0 Å². The second-order valence-corrected chi connectivity index (χ2v) is 7.37. The first kappa shape index (κ1) is 22.0. The number of ether oxygens (including phenoxy) is 2. The highest BCUT2D eigenvalue weighted by molar-refractivity contribution is 5.70. The molecule has 0 radical (unpaired) electrons. The molecule has 1 amide bonds. The SMILES string of the molecule is CCN1C(=O)OCC1Cc1ccc(Oc2ccc(Nc3ncccc3[N+](=O)[O-])cc2F)cc1. The lowest BCUT2D eigenvalue weighted by Gasteiger charge is -2.19. The van der Waals surface area contributed by atoms with Crippen LogP contribution in [-0.4, -0.2) is 40.1 Å². The van der Waals surface area contributed by atoms with Gasteiger partial charge in [-0.1, -0.05) is 12.1 Å². The number of hydrogen-bond donors (Lipinski definition) is 1. The van der Waals surface area contributed by atoms with Crippen molar-refractivity contribution in [3.8, 4) is 11.5 Å². The van der Waals surface area contributed by atoms with E-state index in [0.29, 0.717) is 31.0 Å². The van der Waals surface area contributed by atoms with Crippen molar-refractivity contribution in [2.45, 2.75) is 19.4 Å². The molecule has 1 saturated heterocycles. The van der Waals surface area contributed by atoms with Crippen molar-refractivity contribution < 1.29 is 23.6 Å². The van der Waals surface area contributed by atoms with Gasteiger partial charge in [-0.2, -0.15) is 0 Å². The van der Waals surface area contributed by atoms with Crippen molar-refractivity contribution in [1.29, 1.82) is 0 Å². The van der Waals surface area contributed by atoms with Gasteiger partial charge < -0.3 is 19.7 Å². The van der Waals surface area contributed by atoms with Crippen molar-refractivity contribution in [3.05, 3.63) is 82.3 Å². The van der Waals surface area contributed by atoms with E-state index < -0.39 is 10.7 Å². The lowest BCUT2D eigenvalue weighted by Crippen LogP contribution is -2.34. The molecule has 2 heterocycles. The molecule has 1 N–H and O–H groups in total. The van der Waals surface area contributed by atoms with Gasteiger partial charge in [-0.05, 0) is 49.2 Å². The van der Waals surface area contributed by atoms with Gasteiger partial charge in [-0.3, -0.25) is 10.1 Å². The molecule has 1 atom stereocenters. The molecule has 0 spiro atoms. The van der Waals surface area contributed by atoms with Crippen LogP contribution in [0.2, 0.25) is 0 Å². The van der Waals surface area contributed by atoms with Crippen LogP contribution in [0.1, 0.15) is 12.5 Å². The number of hydrogen-bond acceptors (Lipinski definition) is 7. The Morgan fingerprint density at radius 3 is 2.76 bits per heavy atom. The molecule has 2 aromatic carbocycles. The maximum Gasteiger partial charge on any atom is 0.410 e. The Balaban J connectivity index is 1.41. The lowest BCUT2D eigenvalue weighted by molar-refractivity contribution is -0.384. The number of pyridine rings is 1. The Morgan fingerprint density at radius 1 is 1.27 bits per heavy atom. The average Bonchev–Trinajstić information content (AvgIpc) is 3.16. The fraction of sp³-hybridized carbons (Fsp3) is 0.217. The highest BCUT2D eigenvalue weighted by Crippen LogP contribution is 2.30. The molecule has 0 saturated carbocycles. The van der Waals surface area contributed by atoms with Gasteiger partial charge in [0, 0.05) is 30.6 Å². The first-order chi connectivity index (χ1) is 15.9. The molecule has 1 aliphatic heterocycles. The van der Waals surface area contributed by atoms with Crippen molar-refractivity contribution in [2.75, 3.05) is 18.5 Å². The van der Waals surface area contributed by atoms with Gasteiger partial charge in [0.2, 0.25) is 5.82 Å². The van der Waals surface area contributed by atoms with Gasteiger partial charge in [-0.15, -0.1) is 0 Å². The minimum absolute atomic E-state index is 0.00997. The number of aromatic nitrogens is 1. The monoisotopic (exact) mass is 452 g/mol. The zero-order valence-corrected chi connectivity index (χ0v) is 17.7. The number of cyclic esters (lactones) is 1. The van der Waals surface area contributed by atoms with Crippen LogP contribution in [-0.2, 0) is 11.2 Å². The van der Waals surface area contributed by atoms with E-state index in [9.17, 15) is 19.3 Å². The molecule has 1 aromatic heterocycles. The summed E-state index contributed by atoms with van der Waals surface area (Å²) < 4.78 is 25.3. The maximum absolute atomic E-state index is 14.6. The van der Waals surface area contributed by atoms with Crippen LogP contribution >= 0.6 is 0 Å². The second kappa shape index (κ2) is 9.51. The maximum atomic E-state index is 14.6. The molecule has 10 heteroatoms. The summed E-state index contributed by atoms with van der Waals surface area (Å²) in [4.78, 5) is 27.9. The van der Waals surface area contributed by atoms with Crippen LogP contribution < -0.4 is 10.1 Å². The number of amides is 1. The predicted octanol–water partition coefficient (Wildman–Crippen LogP) is 5.05. The Hall–Kier alpha value is -4.21. The highest BCUT2D eigenvalue weighted by atomic mass is 19.1. The number of halogens is 1. The van der Waals surface area contributed by atoms with E-state index >= 15 is 0 Å². The predicted molar refractivity (Wildman–Crippen MR) is 118 cm³/mol. The van der Waals surface area contributed by atoms with E-state index in [0.717, 1.165) is 5.56 Å². The van der Waals surface area contributed by atoms with Crippen LogP contribution in [0, 0.1) is 15.9 Å². The summed E-state index contributed by atoms with van der Waals surface area (Å²) in [5, 5.41) is 13.9. The van der Waals surface area contributed by atoms with Crippen molar-refractivity contribution in [2.24, 2.45) is 0 Å². The van der Waals surface area contributed by atoms with Crippen molar-refractivity contribution in [3.63, 3.8) is 0 Å². The van der Waals surface area contributed by atoms with Gasteiger partial charge in [-0.25, -0.2) is 14.2 Å². The Kier molecular flexibility index (Phi) is 6.34. The molecule has 9 nitrogen and oxygen atoms in total. The standard InChI is InChI=1S/C23H21FN4O5/c1-2-27-17(14-32-23(27)29)12-15-5-8-18(9-6-15)33-21-10-7-16(13-19(21)24)26-22-20(28(30)31)4-3-11-25-22/h3-11,13,17H,2,12,14H2,1H3,(H,25,26). The van der Waals surface area contributed by atoms with Crippen molar-refractivity contribution in [1.82, 2.24) is 9.88 Å². The smallest absolute Gasteiger partial charge is 0.410 e. The van der Waals surface area contributed by atoms with Gasteiger partial charge >= 0.3 is 11.8 Å². The molecule has 0 bridgehead atoms. The van der Waals surface area contributed by atoms with E-state index in [1.165, 1.54) is 30.5 Å². The number of rotatable bonds is 8. The van der Waals surface area contributed by atoms with Gasteiger partial charge in [0.25, 0.3) is 0 Å². The first-order valence-electron chi connectivity index (χ1n) is 10.3. The molecule has 33 heavy (non-hydrogen) atoms. The van der Waals surface area contributed by atoms with E-state index in [4.69, 9.17) is 9.47 Å². The summed E-state index contributed by atoms with van der Waals surface area (Å²) in [5.74, 6) is -0.161. The fourth-order valence-corrected chi connectivity index (χ4v) is 3.58. The Labute approximate surface area is 188 Å². The number of likely N-dealkylation sites (N-methyl/N-ethyl adjacent to an activating group) is 1. The van der Waals surface area contributed by atoms with E-state index in [1.807, 2.05) is 19.1 Å². The lowest BCUT2D eigenvalue weighted by atomic mass is 10.1. The molecule has 1 aliphatic rings. The number of nitrogens with zero attached hydrogens (tertiary/aromatic N) is 3. The largest absolute Gasteiger partial charge is 0.454 e. The van der Waals surface area contributed by atoms with Gasteiger partial charge in [0.15, 0.2) is 11.6 Å². The molecule has 1 unspecified atom stereocenters. The first-order valence-corrected chi connectivity index (χ1v) is 10.3. The molecule has 0 aliphatic carbocycles. The summed E-state index contributed by atoms with van der Waals surface area (Å²) in [6.07, 6.45) is 1.76. The van der Waals surface area contributed by atoms with Crippen LogP contribution in [0.4, 0.5) is 26.4 Å². The zero-order chi connectivity index (χ0) is 23.4. The molecule has 3 aromatic rings. The summed E-state index contributed by atoms with van der Waals surface area (Å²) in [6, 6.07) is 14.1. The number of carbonyl (C=O) groups is 1. The third kappa shape index (κ3) is 5.00. The summed E-state index contributed by atoms with van der Waals surface area (Å²) in [5.41, 5.74) is 1.08. The average molecular weight is 452 g/mol. The van der Waals surface area contributed by atoms with Crippen LogP contribution in [0.3, 0.4) is 0 Å². The third-order valence-corrected chi connectivity index (χ3v) is 5.22.